The summed E-state index contributed by atoms with van der Waals surface area (Å²) in [5.41, 5.74) is 6.43. The van der Waals surface area contributed by atoms with Gasteiger partial charge in [-0.1, -0.05) is 23.7 Å². The van der Waals surface area contributed by atoms with Crippen molar-refractivity contribution in [2.45, 2.75) is 19.4 Å². The van der Waals surface area contributed by atoms with E-state index in [4.69, 9.17) is 17.3 Å². The molecule has 1 atom stereocenters. The maximum Gasteiger partial charge on any atom is 0.330 e. The Hall–Kier alpha value is -1.39. The van der Waals surface area contributed by atoms with Gasteiger partial charge in [-0.05, 0) is 24.1 Å². The maximum absolute atomic E-state index is 11.2. The molecule has 5 heteroatoms. The molecule has 1 aromatic rings. The molecule has 0 bridgehead atoms. The van der Waals surface area contributed by atoms with E-state index in [1.807, 2.05) is 0 Å². The number of carbonyl (C=O) groups excluding carboxylic acids is 2. The van der Waals surface area contributed by atoms with Crippen molar-refractivity contribution in [2.24, 2.45) is 5.73 Å². The van der Waals surface area contributed by atoms with Gasteiger partial charge in [0.15, 0.2) is 0 Å². The monoisotopic (exact) mass is 241 g/mol. The van der Waals surface area contributed by atoms with E-state index >= 15 is 0 Å². The molecule has 0 saturated heterocycles. The number of carbonyl (C=O) groups is 2. The first kappa shape index (κ1) is 12.7. The van der Waals surface area contributed by atoms with Crippen molar-refractivity contribution in [3.05, 3.63) is 34.9 Å². The molecule has 0 unspecified atom stereocenters. The van der Waals surface area contributed by atoms with Gasteiger partial charge in [-0.15, -0.1) is 0 Å². The van der Waals surface area contributed by atoms with Crippen molar-refractivity contribution in [1.82, 2.24) is 0 Å². The Bertz CT molecular complexity index is 389. The average Bonchev–Trinajstić information content (AvgIpc) is 2.20. The maximum atomic E-state index is 11.2. The van der Waals surface area contributed by atoms with Crippen LogP contribution in [0.1, 0.15) is 12.5 Å². The zero-order chi connectivity index (χ0) is 12.1. The fraction of sp³-hybridized carbons (Fsp3) is 0.273. The molecule has 0 saturated carbocycles. The topological polar surface area (TPSA) is 69.4 Å². The number of halogens is 1. The quantitative estimate of drug-likeness (QED) is 0.640. The largest absolute Gasteiger partial charge is 0.392 e. The number of esters is 2. The fourth-order valence-corrected chi connectivity index (χ4v) is 1.30. The van der Waals surface area contributed by atoms with Crippen LogP contribution in [-0.4, -0.2) is 18.0 Å². The van der Waals surface area contributed by atoms with Gasteiger partial charge in [0, 0.05) is 11.9 Å². The van der Waals surface area contributed by atoms with Crippen LogP contribution in [0.4, 0.5) is 0 Å². The fourth-order valence-electron chi connectivity index (χ4n) is 1.18. The summed E-state index contributed by atoms with van der Waals surface area (Å²) in [6.07, 6.45) is 0.309. The summed E-state index contributed by atoms with van der Waals surface area (Å²) in [6.45, 7) is 1.16. The van der Waals surface area contributed by atoms with E-state index < -0.39 is 18.0 Å². The summed E-state index contributed by atoms with van der Waals surface area (Å²) in [6, 6.07) is 6.11. The van der Waals surface area contributed by atoms with Gasteiger partial charge in [-0.25, -0.2) is 4.79 Å². The third kappa shape index (κ3) is 4.00. The van der Waals surface area contributed by atoms with Gasteiger partial charge in [-0.3, -0.25) is 4.79 Å². The van der Waals surface area contributed by atoms with E-state index in [1.165, 1.54) is 0 Å². The van der Waals surface area contributed by atoms with Gasteiger partial charge < -0.3 is 10.5 Å². The molecule has 16 heavy (non-hydrogen) atoms. The Balaban J connectivity index is 2.57. The summed E-state index contributed by atoms with van der Waals surface area (Å²) in [7, 11) is 0. The number of rotatable bonds is 3. The first-order chi connectivity index (χ1) is 7.49. The van der Waals surface area contributed by atoms with Crippen LogP contribution < -0.4 is 5.73 Å². The van der Waals surface area contributed by atoms with Crippen LogP contribution in [0.3, 0.4) is 0 Å². The molecular weight excluding hydrogens is 230 g/mol. The Kier molecular flexibility index (Phi) is 4.46. The highest BCUT2D eigenvalue weighted by atomic mass is 35.5. The summed E-state index contributed by atoms with van der Waals surface area (Å²) in [4.78, 5) is 21.8. The van der Waals surface area contributed by atoms with Crippen molar-refractivity contribution < 1.29 is 14.3 Å². The molecule has 4 nitrogen and oxygen atoms in total. The minimum atomic E-state index is -0.843. The second-order valence-corrected chi connectivity index (χ2v) is 3.79. The van der Waals surface area contributed by atoms with Crippen LogP contribution in [0.2, 0.25) is 5.02 Å². The third-order valence-electron chi connectivity index (χ3n) is 1.92. The zero-order valence-corrected chi connectivity index (χ0v) is 9.53. The number of nitrogens with two attached hydrogens (primary N) is 1. The highest BCUT2D eigenvalue weighted by Crippen LogP contribution is 2.10. The lowest BCUT2D eigenvalue weighted by atomic mass is 10.1. The molecular formula is C11H12ClNO3. The van der Waals surface area contributed by atoms with Gasteiger partial charge in [0.05, 0.1) is 0 Å². The Morgan fingerprint density at radius 2 is 1.94 bits per heavy atom. The average molecular weight is 242 g/mol. The molecule has 0 heterocycles. The van der Waals surface area contributed by atoms with Crippen LogP contribution in [0.5, 0.6) is 0 Å². The Morgan fingerprint density at radius 1 is 1.38 bits per heavy atom. The van der Waals surface area contributed by atoms with Crippen LogP contribution in [0.15, 0.2) is 24.3 Å². The smallest absolute Gasteiger partial charge is 0.330 e. The van der Waals surface area contributed by atoms with Gasteiger partial charge in [0.25, 0.3) is 0 Å². The van der Waals surface area contributed by atoms with Crippen LogP contribution in [-0.2, 0) is 20.7 Å². The Morgan fingerprint density at radius 3 is 2.44 bits per heavy atom. The predicted octanol–water partition coefficient (Wildman–Crippen LogP) is 1.30. The van der Waals surface area contributed by atoms with Crippen molar-refractivity contribution >= 4 is 23.5 Å². The molecule has 0 aliphatic rings. The molecule has 86 valence electrons. The van der Waals surface area contributed by atoms with Gasteiger partial charge in [0.2, 0.25) is 0 Å². The molecule has 2 N–H and O–H groups in total. The molecule has 0 aliphatic heterocycles. The number of benzene rings is 1. The molecule has 0 aromatic heterocycles. The molecule has 0 radical (unpaired) electrons. The van der Waals surface area contributed by atoms with Crippen LogP contribution >= 0.6 is 11.6 Å². The minimum Gasteiger partial charge on any atom is -0.392 e. The SMILES string of the molecule is CC(=O)OC(=O)[C@H](N)Cc1ccc(Cl)cc1. The second-order valence-electron chi connectivity index (χ2n) is 3.35. The van der Waals surface area contributed by atoms with Crippen molar-refractivity contribution in [1.29, 1.82) is 0 Å². The normalized spacial score (nSPS) is 11.9. The van der Waals surface area contributed by atoms with E-state index in [2.05, 4.69) is 4.74 Å². The third-order valence-corrected chi connectivity index (χ3v) is 2.17. The minimum absolute atomic E-state index is 0.309. The van der Waals surface area contributed by atoms with E-state index in [0.717, 1.165) is 12.5 Å². The summed E-state index contributed by atoms with van der Waals surface area (Å²) in [5, 5.41) is 0.614. The first-order valence-corrected chi connectivity index (χ1v) is 5.09. The standard InChI is InChI=1S/C11H12ClNO3/c1-7(14)16-11(15)10(13)6-8-2-4-9(12)5-3-8/h2-5,10H,6,13H2,1H3/t10-/m1/s1. The lowest BCUT2D eigenvalue weighted by molar-refractivity contribution is -0.159. The van der Waals surface area contributed by atoms with E-state index in [-0.39, 0.29) is 0 Å². The van der Waals surface area contributed by atoms with Crippen molar-refractivity contribution in [3.63, 3.8) is 0 Å². The lowest BCUT2D eigenvalue weighted by Crippen LogP contribution is -2.35. The highest BCUT2D eigenvalue weighted by molar-refractivity contribution is 6.30. The van der Waals surface area contributed by atoms with Crippen molar-refractivity contribution in [3.8, 4) is 0 Å². The van der Waals surface area contributed by atoms with Crippen molar-refractivity contribution in [2.75, 3.05) is 0 Å². The highest BCUT2D eigenvalue weighted by Gasteiger charge is 2.17. The first-order valence-electron chi connectivity index (χ1n) is 4.71. The molecule has 0 spiro atoms. The second kappa shape index (κ2) is 5.63. The molecule has 0 aliphatic carbocycles. The molecule has 1 aromatic carbocycles. The molecule has 0 fully saturated rings. The predicted molar refractivity (Wildman–Crippen MR) is 59.9 cm³/mol. The zero-order valence-electron chi connectivity index (χ0n) is 8.77. The van der Waals surface area contributed by atoms with Gasteiger partial charge in [0.1, 0.15) is 6.04 Å². The summed E-state index contributed by atoms with van der Waals surface area (Å²) < 4.78 is 4.38. The Labute approximate surface area is 98.3 Å². The summed E-state index contributed by atoms with van der Waals surface area (Å²) in [5.74, 6) is -1.38. The van der Waals surface area contributed by atoms with E-state index in [0.29, 0.717) is 11.4 Å². The number of ether oxygens (including phenoxy) is 1. The molecule has 1 rings (SSSR count). The van der Waals surface area contributed by atoms with Crippen LogP contribution in [0, 0.1) is 0 Å². The van der Waals surface area contributed by atoms with Gasteiger partial charge >= 0.3 is 11.9 Å². The molecule has 0 amide bonds. The number of hydrogen-bond acceptors (Lipinski definition) is 4. The number of hydrogen-bond donors (Lipinski definition) is 1. The van der Waals surface area contributed by atoms with Gasteiger partial charge in [-0.2, -0.15) is 0 Å². The van der Waals surface area contributed by atoms with Crippen LogP contribution in [0.25, 0.3) is 0 Å². The lowest BCUT2D eigenvalue weighted by Gasteiger charge is -2.09. The van der Waals surface area contributed by atoms with E-state index in [1.54, 1.807) is 24.3 Å². The summed E-state index contributed by atoms with van der Waals surface area (Å²) >= 11 is 5.71. The van der Waals surface area contributed by atoms with E-state index in [9.17, 15) is 9.59 Å².